The van der Waals surface area contributed by atoms with Crippen molar-refractivity contribution in [1.82, 2.24) is 0 Å². The number of rotatable bonds is 23. The molecule has 0 radical (unpaired) electrons. The summed E-state index contributed by atoms with van der Waals surface area (Å²) < 4.78 is 13.1. The topological polar surface area (TPSA) is 18.5 Å². The second-order valence-electron chi connectivity index (χ2n) is 15.9. The fraction of sp³-hybridized carbons (Fsp3) is 0.721. The summed E-state index contributed by atoms with van der Waals surface area (Å²) >= 11 is 0. The summed E-state index contributed by atoms with van der Waals surface area (Å²) in [5, 5.41) is 0. The molecular formula is C43H69BO2. The van der Waals surface area contributed by atoms with Gasteiger partial charge in [-0.2, -0.15) is 0 Å². The van der Waals surface area contributed by atoms with Crippen molar-refractivity contribution in [2.75, 3.05) is 0 Å². The maximum atomic E-state index is 6.57. The van der Waals surface area contributed by atoms with E-state index in [9.17, 15) is 0 Å². The van der Waals surface area contributed by atoms with Gasteiger partial charge in [0, 0.05) is 5.41 Å². The van der Waals surface area contributed by atoms with Crippen LogP contribution in [0.3, 0.4) is 0 Å². The van der Waals surface area contributed by atoms with Crippen LogP contribution in [0, 0.1) is 0 Å². The van der Waals surface area contributed by atoms with Gasteiger partial charge in [-0.15, -0.1) is 0 Å². The van der Waals surface area contributed by atoms with E-state index in [1.54, 1.807) is 5.56 Å². The van der Waals surface area contributed by atoms with Gasteiger partial charge in [-0.3, -0.25) is 0 Å². The van der Waals surface area contributed by atoms with E-state index in [4.69, 9.17) is 9.31 Å². The van der Waals surface area contributed by atoms with Crippen LogP contribution in [0.15, 0.2) is 42.5 Å². The van der Waals surface area contributed by atoms with Gasteiger partial charge in [-0.1, -0.05) is 185 Å². The molecule has 3 heteroatoms. The van der Waals surface area contributed by atoms with Crippen LogP contribution in [0.5, 0.6) is 0 Å². The number of fused-ring (bicyclic) bond motifs is 3. The highest BCUT2D eigenvalue weighted by molar-refractivity contribution is 6.62. The van der Waals surface area contributed by atoms with E-state index in [1.165, 1.54) is 163 Å². The van der Waals surface area contributed by atoms with Gasteiger partial charge in [0.15, 0.2) is 0 Å². The number of unbranched alkanes of at least 4 members (excludes halogenated alkanes) is 18. The Morgan fingerprint density at radius 2 is 0.891 bits per heavy atom. The van der Waals surface area contributed by atoms with Crippen molar-refractivity contribution >= 4 is 12.6 Å². The molecule has 256 valence electrons. The molecule has 0 aromatic heterocycles. The molecule has 0 amide bonds. The third kappa shape index (κ3) is 9.53. The molecule has 0 atom stereocenters. The van der Waals surface area contributed by atoms with Gasteiger partial charge in [0.05, 0.1) is 11.2 Å². The third-order valence-electron chi connectivity index (χ3n) is 11.7. The molecule has 1 heterocycles. The molecule has 2 aliphatic rings. The molecule has 1 aliphatic carbocycles. The van der Waals surface area contributed by atoms with E-state index in [2.05, 4.69) is 84.0 Å². The average Bonchev–Trinajstić information content (AvgIpc) is 3.44. The zero-order valence-corrected chi connectivity index (χ0v) is 31.0. The monoisotopic (exact) mass is 629 g/mol. The first-order chi connectivity index (χ1) is 22.3. The minimum atomic E-state index is -0.331. The molecule has 2 nitrogen and oxygen atoms in total. The lowest BCUT2D eigenvalue weighted by Crippen LogP contribution is -2.41. The summed E-state index contributed by atoms with van der Waals surface area (Å²) in [6.45, 7) is 13.3. The Bertz CT molecular complexity index is 1130. The SMILES string of the molecule is CCCCCCCCCCCCC1(CCCCCCCCCCCC)c2ccccc2-c2ccc(B3OC(C)(C)C(C)(C)O3)cc21. The Balaban J connectivity index is 1.46. The van der Waals surface area contributed by atoms with Crippen LogP contribution in [-0.2, 0) is 14.7 Å². The Morgan fingerprint density at radius 3 is 1.37 bits per heavy atom. The van der Waals surface area contributed by atoms with Gasteiger partial charge in [0.2, 0.25) is 0 Å². The second-order valence-corrected chi connectivity index (χ2v) is 15.9. The normalized spacial score (nSPS) is 17.4. The van der Waals surface area contributed by atoms with Gasteiger partial charge < -0.3 is 9.31 Å². The van der Waals surface area contributed by atoms with E-state index in [0.29, 0.717) is 0 Å². The Kier molecular flexibility index (Phi) is 14.8. The first-order valence-corrected chi connectivity index (χ1v) is 19.9. The fourth-order valence-electron chi connectivity index (χ4n) is 8.09. The van der Waals surface area contributed by atoms with Crippen molar-refractivity contribution < 1.29 is 9.31 Å². The molecule has 46 heavy (non-hydrogen) atoms. The number of benzene rings is 2. The highest BCUT2D eigenvalue weighted by Gasteiger charge is 2.52. The van der Waals surface area contributed by atoms with E-state index in [1.807, 2.05) is 0 Å². The largest absolute Gasteiger partial charge is 0.494 e. The summed E-state index contributed by atoms with van der Waals surface area (Å²) in [5.41, 5.74) is 6.61. The standard InChI is InChI=1S/C43H69BO2/c1-7-9-11-13-15-17-19-21-23-27-33-43(34-28-24-22-20-18-16-14-12-10-8-2)39-30-26-25-29-37(39)38-32-31-36(35-40(38)43)44-45-41(3,4)42(5,6)46-44/h25-26,29-32,35H,7-24,27-28,33-34H2,1-6H3. The zero-order valence-electron chi connectivity index (χ0n) is 31.0. The molecule has 0 spiro atoms. The molecule has 2 aromatic carbocycles. The summed E-state index contributed by atoms with van der Waals surface area (Å²) in [5.74, 6) is 0. The van der Waals surface area contributed by atoms with Gasteiger partial charge >= 0.3 is 7.12 Å². The zero-order chi connectivity index (χ0) is 32.9. The second kappa shape index (κ2) is 18.3. The third-order valence-corrected chi connectivity index (χ3v) is 11.7. The van der Waals surface area contributed by atoms with Crippen molar-refractivity contribution in [3.8, 4) is 11.1 Å². The number of hydrogen-bond acceptors (Lipinski definition) is 2. The molecule has 0 saturated carbocycles. The van der Waals surface area contributed by atoms with Crippen LogP contribution in [0.25, 0.3) is 11.1 Å². The molecule has 1 fully saturated rings. The molecule has 0 bridgehead atoms. The summed E-state index contributed by atoms with van der Waals surface area (Å²) in [4.78, 5) is 0. The van der Waals surface area contributed by atoms with Gasteiger partial charge in [-0.05, 0) is 68.3 Å². The highest BCUT2D eigenvalue weighted by atomic mass is 16.7. The van der Waals surface area contributed by atoms with Crippen LogP contribution >= 0.6 is 0 Å². The average molecular weight is 629 g/mol. The van der Waals surface area contributed by atoms with E-state index < -0.39 is 0 Å². The smallest absolute Gasteiger partial charge is 0.399 e. The minimum absolute atomic E-state index is 0.0892. The minimum Gasteiger partial charge on any atom is -0.399 e. The maximum absolute atomic E-state index is 6.57. The van der Waals surface area contributed by atoms with Gasteiger partial charge in [-0.25, -0.2) is 0 Å². The van der Waals surface area contributed by atoms with Crippen molar-refractivity contribution in [3.63, 3.8) is 0 Å². The van der Waals surface area contributed by atoms with Crippen molar-refractivity contribution in [1.29, 1.82) is 0 Å². The van der Waals surface area contributed by atoms with Crippen molar-refractivity contribution in [2.45, 2.75) is 199 Å². The van der Waals surface area contributed by atoms with Gasteiger partial charge in [0.25, 0.3) is 0 Å². The lowest BCUT2D eigenvalue weighted by Gasteiger charge is -2.33. The van der Waals surface area contributed by atoms with E-state index in [0.717, 1.165) is 0 Å². The lowest BCUT2D eigenvalue weighted by molar-refractivity contribution is 0.00578. The van der Waals surface area contributed by atoms with Crippen molar-refractivity contribution in [3.05, 3.63) is 53.6 Å². The van der Waals surface area contributed by atoms with Crippen LogP contribution < -0.4 is 5.46 Å². The molecule has 0 N–H and O–H groups in total. The molecule has 1 aliphatic heterocycles. The first-order valence-electron chi connectivity index (χ1n) is 19.9. The molecule has 1 saturated heterocycles. The van der Waals surface area contributed by atoms with Crippen LogP contribution in [0.2, 0.25) is 0 Å². The lowest BCUT2D eigenvalue weighted by atomic mass is 9.68. The molecule has 2 aromatic rings. The predicted octanol–water partition coefficient (Wildman–Crippen LogP) is 12.9. The Labute approximate surface area is 285 Å². The van der Waals surface area contributed by atoms with E-state index in [-0.39, 0.29) is 23.7 Å². The van der Waals surface area contributed by atoms with Crippen LogP contribution in [0.1, 0.15) is 194 Å². The first kappa shape index (κ1) is 37.2. The Morgan fingerprint density at radius 1 is 0.478 bits per heavy atom. The predicted molar refractivity (Wildman–Crippen MR) is 201 cm³/mol. The van der Waals surface area contributed by atoms with Gasteiger partial charge in [0.1, 0.15) is 0 Å². The molecule has 4 rings (SSSR count). The fourth-order valence-corrected chi connectivity index (χ4v) is 8.09. The van der Waals surface area contributed by atoms with E-state index >= 15 is 0 Å². The quantitative estimate of drug-likeness (QED) is 0.0900. The highest BCUT2D eigenvalue weighted by Crippen LogP contribution is 2.54. The molecule has 0 unspecified atom stereocenters. The maximum Gasteiger partial charge on any atom is 0.494 e. The van der Waals surface area contributed by atoms with Crippen molar-refractivity contribution in [2.24, 2.45) is 0 Å². The summed E-state index contributed by atoms with van der Waals surface area (Å²) in [6, 6.07) is 16.5. The Hall–Kier alpha value is -1.58. The summed E-state index contributed by atoms with van der Waals surface area (Å²) in [6.07, 6.45) is 30.2. The van der Waals surface area contributed by atoms with Crippen LogP contribution in [0.4, 0.5) is 0 Å². The molecular weight excluding hydrogens is 559 g/mol. The number of hydrogen-bond donors (Lipinski definition) is 0. The summed E-state index contributed by atoms with van der Waals surface area (Å²) in [7, 11) is -0.314. The van der Waals surface area contributed by atoms with Crippen LogP contribution in [-0.4, -0.2) is 18.3 Å².